The van der Waals surface area contributed by atoms with Crippen molar-refractivity contribution in [3.8, 4) is 17.1 Å². The predicted octanol–water partition coefficient (Wildman–Crippen LogP) is 5.25. The number of alkyl halides is 5. The van der Waals surface area contributed by atoms with E-state index in [-0.39, 0.29) is 11.3 Å². The first-order valence-electron chi connectivity index (χ1n) is 7.23. The Kier molecular flexibility index (Phi) is 6.26. The highest BCUT2D eigenvalue weighted by Crippen LogP contribution is 2.34. The third kappa shape index (κ3) is 5.58. The summed E-state index contributed by atoms with van der Waals surface area (Å²) in [6, 6.07) is 4.29. The monoisotopic (exact) mass is 382 g/mol. The average molecular weight is 382 g/mol. The molecule has 1 aromatic carbocycles. The van der Waals surface area contributed by atoms with Gasteiger partial charge >= 0.3 is 18.7 Å². The Labute approximate surface area is 144 Å². The molecule has 1 aromatic heterocycles. The Hall–Kier alpha value is -1.84. The molecule has 0 aliphatic rings. The summed E-state index contributed by atoms with van der Waals surface area (Å²) in [5.41, 5.74) is 0.599. The standard InChI is InChI=1S/C15H15F5N2O2S/c1-8(2)6-25-7-9-3-4-10(11(5-9)23-14(16)17)12-21-13(24-22-12)15(18,19)20/h3-5,8,14H,6-7H2,1-2H3. The molecule has 0 atom stereocenters. The Morgan fingerprint density at radius 1 is 1.24 bits per heavy atom. The number of hydrogen-bond donors (Lipinski definition) is 0. The number of ether oxygens (including phenoxy) is 1. The van der Waals surface area contributed by atoms with Crippen LogP contribution in [0.4, 0.5) is 22.0 Å². The van der Waals surface area contributed by atoms with Gasteiger partial charge < -0.3 is 9.26 Å². The molecule has 0 amide bonds. The van der Waals surface area contributed by atoms with Gasteiger partial charge in [-0.05, 0) is 29.4 Å². The van der Waals surface area contributed by atoms with Crippen LogP contribution in [-0.4, -0.2) is 22.5 Å². The average Bonchev–Trinajstić information content (AvgIpc) is 2.96. The molecule has 2 rings (SSSR count). The lowest BCUT2D eigenvalue weighted by atomic mass is 10.1. The van der Waals surface area contributed by atoms with Gasteiger partial charge in [0.25, 0.3) is 0 Å². The van der Waals surface area contributed by atoms with Crippen LogP contribution in [0.15, 0.2) is 22.7 Å². The van der Waals surface area contributed by atoms with Gasteiger partial charge in [0.15, 0.2) is 0 Å². The van der Waals surface area contributed by atoms with Crippen molar-refractivity contribution in [2.24, 2.45) is 5.92 Å². The molecule has 0 bridgehead atoms. The summed E-state index contributed by atoms with van der Waals surface area (Å²) in [6.45, 7) is 0.970. The molecule has 0 spiro atoms. The van der Waals surface area contributed by atoms with Crippen molar-refractivity contribution in [1.82, 2.24) is 10.1 Å². The largest absolute Gasteiger partial charge is 0.471 e. The highest BCUT2D eigenvalue weighted by atomic mass is 32.2. The fourth-order valence-corrected chi connectivity index (χ4v) is 2.90. The fourth-order valence-electron chi connectivity index (χ4n) is 1.90. The number of hydrogen-bond acceptors (Lipinski definition) is 5. The SMILES string of the molecule is CC(C)CSCc1ccc(-c2noc(C(F)(F)F)n2)c(OC(F)F)c1. The van der Waals surface area contributed by atoms with Crippen molar-refractivity contribution in [1.29, 1.82) is 0 Å². The zero-order valence-electron chi connectivity index (χ0n) is 13.3. The molecule has 1 heterocycles. The summed E-state index contributed by atoms with van der Waals surface area (Å²) < 4.78 is 71.4. The highest BCUT2D eigenvalue weighted by Gasteiger charge is 2.38. The van der Waals surface area contributed by atoms with Gasteiger partial charge in [-0.15, -0.1) is 0 Å². The quantitative estimate of drug-likeness (QED) is 0.613. The van der Waals surface area contributed by atoms with E-state index in [1.807, 2.05) is 0 Å². The van der Waals surface area contributed by atoms with E-state index in [1.165, 1.54) is 12.1 Å². The van der Waals surface area contributed by atoms with Gasteiger partial charge in [-0.3, -0.25) is 0 Å². The number of rotatable bonds is 7. The van der Waals surface area contributed by atoms with Crippen molar-refractivity contribution in [2.75, 3.05) is 5.75 Å². The lowest BCUT2D eigenvalue weighted by Gasteiger charge is -2.11. The molecule has 0 saturated heterocycles. The van der Waals surface area contributed by atoms with Crippen LogP contribution in [-0.2, 0) is 11.9 Å². The number of aromatic nitrogens is 2. The van der Waals surface area contributed by atoms with Crippen molar-refractivity contribution >= 4 is 11.8 Å². The molecule has 0 unspecified atom stereocenters. The molecule has 4 nitrogen and oxygen atoms in total. The third-order valence-electron chi connectivity index (χ3n) is 2.89. The van der Waals surface area contributed by atoms with Gasteiger partial charge in [0, 0.05) is 5.75 Å². The fraction of sp³-hybridized carbons (Fsp3) is 0.467. The zero-order valence-corrected chi connectivity index (χ0v) is 14.1. The molecule has 0 N–H and O–H groups in total. The van der Waals surface area contributed by atoms with Gasteiger partial charge in [-0.2, -0.15) is 38.7 Å². The minimum Gasteiger partial charge on any atom is -0.434 e. The third-order valence-corrected chi connectivity index (χ3v) is 4.33. The van der Waals surface area contributed by atoms with Crippen LogP contribution < -0.4 is 4.74 Å². The summed E-state index contributed by atoms with van der Waals surface area (Å²) in [5, 5.41) is 3.20. The van der Waals surface area contributed by atoms with E-state index in [0.717, 1.165) is 5.75 Å². The highest BCUT2D eigenvalue weighted by molar-refractivity contribution is 7.98. The second-order valence-electron chi connectivity index (χ2n) is 5.54. The lowest BCUT2D eigenvalue weighted by Crippen LogP contribution is -2.06. The first-order chi connectivity index (χ1) is 11.7. The summed E-state index contributed by atoms with van der Waals surface area (Å²) in [4.78, 5) is 3.20. The number of thioether (sulfide) groups is 1. The van der Waals surface area contributed by atoms with Crippen molar-refractivity contribution in [2.45, 2.75) is 32.4 Å². The zero-order chi connectivity index (χ0) is 18.6. The molecule has 0 radical (unpaired) electrons. The Balaban J connectivity index is 2.28. The number of halogens is 5. The van der Waals surface area contributed by atoms with Crippen LogP contribution in [0.2, 0.25) is 0 Å². The Bertz CT molecular complexity index is 703. The Morgan fingerprint density at radius 2 is 1.96 bits per heavy atom. The van der Waals surface area contributed by atoms with Gasteiger partial charge in [0.2, 0.25) is 5.82 Å². The molecule has 2 aromatic rings. The van der Waals surface area contributed by atoms with E-state index in [4.69, 9.17) is 0 Å². The van der Waals surface area contributed by atoms with Crippen LogP contribution in [0, 0.1) is 5.92 Å². The molecule has 0 aliphatic heterocycles. The topological polar surface area (TPSA) is 48.2 Å². The normalized spacial score (nSPS) is 12.2. The van der Waals surface area contributed by atoms with E-state index in [0.29, 0.717) is 17.2 Å². The molecule has 138 valence electrons. The maximum atomic E-state index is 12.6. The number of benzene rings is 1. The van der Waals surface area contributed by atoms with Crippen molar-refractivity contribution in [3.63, 3.8) is 0 Å². The van der Waals surface area contributed by atoms with Crippen LogP contribution in [0.1, 0.15) is 25.3 Å². The predicted molar refractivity (Wildman–Crippen MR) is 82.4 cm³/mol. The van der Waals surface area contributed by atoms with E-state index in [9.17, 15) is 22.0 Å². The Morgan fingerprint density at radius 3 is 2.52 bits per heavy atom. The molecular formula is C15H15F5N2O2S. The molecular weight excluding hydrogens is 367 g/mol. The molecule has 0 saturated carbocycles. The van der Waals surface area contributed by atoms with E-state index < -0.39 is 24.5 Å². The summed E-state index contributed by atoms with van der Waals surface area (Å²) in [5.74, 6) is -0.412. The smallest absolute Gasteiger partial charge is 0.434 e. The first-order valence-corrected chi connectivity index (χ1v) is 8.39. The van der Waals surface area contributed by atoms with Crippen LogP contribution in [0.25, 0.3) is 11.4 Å². The molecule has 0 fully saturated rings. The van der Waals surface area contributed by atoms with E-state index in [2.05, 4.69) is 33.2 Å². The van der Waals surface area contributed by atoms with Crippen LogP contribution in [0.3, 0.4) is 0 Å². The summed E-state index contributed by atoms with van der Waals surface area (Å²) in [6.07, 6.45) is -4.82. The minimum absolute atomic E-state index is 0.0999. The van der Waals surface area contributed by atoms with Gasteiger partial charge in [-0.25, -0.2) is 0 Å². The molecule has 10 heteroatoms. The van der Waals surface area contributed by atoms with Gasteiger partial charge in [0.1, 0.15) is 5.75 Å². The van der Waals surface area contributed by atoms with E-state index >= 15 is 0 Å². The number of nitrogens with zero attached hydrogens (tertiary/aromatic N) is 2. The molecule has 25 heavy (non-hydrogen) atoms. The van der Waals surface area contributed by atoms with Gasteiger partial charge in [0.05, 0.1) is 5.56 Å². The minimum atomic E-state index is -4.82. The van der Waals surface area contributed by atoms with Gasteiger partial charge in [-0.1, -0.05) is 25.1 Å². The van der Waals surface area contributed by atoms with Crippen molar-refractivity contribution < 1.29 is 31.2 Å². The van der Waals surface area contributed by atoms with Crippen LogP contribution >= 0.6 is 11.8 Å². The lowest BCUT2D eigenvalue weighted by molar-refractivity contribution is -0.159. The van der Waals surface area contributed by atoms with E-state index in [1.54, 1.807) is 17.8 Å². The second-order valence-corrected chi connectivity index (χ2v) is 6.57. The first kappa shape index (κ1) is 19.5. The molecule has 0 aliphatic carbocycles. The van der Waals surface area contributed by atoms with Crippen LogP contribution in [0.5, 0.6) is 5.75 Å². The maximum absolute atomic E-state index is 12.6. The van der Waals surface area contributed by atoms with Crippen molar-refractivity contribution in [3.05, 3.63) is 29.7 Å². The maximum Gasteiger partial charge on any atom is 0.471 e. The summed E-state index contributed by atoms with van der Waals surface area (Å²) in [7, 11) is 0. The second kappa shape index (κ2) is 8.03. The summed E-state index contributed by atoms with van der Waals surface area (Å²) >= 11 is 1.61.